The van der Waals surface area contributed by atoms with Gasteiger partial charge in [-0.05, 0) is 31.0 Å². The summed E-state index contributed by atoms with van der Waals surface area (Å²) in [5.74, 6) is -0.381. The Hall–Kier alpha value is -2.47. The van der Waals surface area contributed by atoms with Gasteiger partial charge in [0.05, 0.1) is 0 Å². The first kappa shape index (κ1) is 17.0. The molecular weight excluding hydrogens is 340 g/mol. The Kier molecular flexibility index (Phi) is 4.15. The third-order valence-corrected chi connectivity index (χ3v) is 8.88. The lowest BCUT2D eigenvalue weighted by Gasteiger charge is -2.34. The van der Waals surface area contributed by atoms with Crippen molar-refractivity contribution in [3.8, 4) is 11.1 Å². The Morgan fingerprint density at radius 1 is 1.19 bits per heavy atom. The average molecular weight is 365 g/mol. The first-order valence-corrected chi connectivity index (χ1v) is 12.6. The van der Waals surface area contributed by atoms with E-state index in [9.17, 15) is 4.79 Å². The quantitative estimate of drug-likeness (QED) is 0.706. The third-order valence-electron chi connectivity index (χ3n) is 5.60. The van der Waals surface area contributed by atoms with Crippen molar-refractivity contribution in [3.05, 3.63) is 48.5 Å². The highest BCUT2D eigenvalue weighted by Crippen LogP contribution is 2.38. The molecule has 0 radical (unpaired) electrons. The highest BCUT2D eigenvalue weighted by atomic mass is 28.3. The van der Waals surface area contributed by atoms with Crippen LogP contribution in [0, 0.1) is 0 Å². The number of carbonyl (C=O) groups is 1. The van der Waals surface area contributed by atoms with Crippen LogP contribution in [0.4, 0.5) is 0 Å². The largest absolute Gasteiger partial charge is 0.364 e. The fourth-order valence-corrected chi connectivity index (χ4v) is 6.49. The van der Waals surface area contributed by atoms with Crippen molar-refractivity contribution in [1.29, 1.82) is 0 Å². The van der Waals surface area contributed by atoms with E-state index in [0.717, 1.165) is 35.0 Å². The first-order chi connectivity index (χ1) is 12.4. The summed E-state index contributed by atoms with van der Waals surface area (Å²) in [6, 6.07) is 10.8. The average Bonchev–Trinajstić information content (AvgIpc) is 3.01. The van der Waals surface area contributed by atoms with E-state index in [2.05, 4.69) is 28.7 Å². The zero-order valence-corrected chi connectivity index (χ0v) is 16.3. The molecule has 0 unspecified atom stereocenters. The molecule has 0 atom stereocenters. The van der Waals surface area contributed by atoms with Crippen LogP contribution in [-0.2, 0) is 0 Å². The molecule has 3 aromatic rings. The van der Waals surface area contributed by atoms with E-state index in [1.165, 1.54) is 12.1 Å². The number of aromatic nitrogens is 3. The second-order valence-electron chi connectivity index (χ2n) is 8.04. The summed E-state index contributed by atoms with van der Waals surface area (Å²) in [5.41, 5.74) is 9.14. The van der Waals surface area contributed by atoms with E-state index >= 15 is 0 Å². The van der Waals surface area contributed by atoms with E-state index in [1.807, 2.05) is 30.6 Å². The van der Waals surface area contributed by atoms with Crippen LogP contribution in [0.2, 0.25) is 25.2 Å². The topological polar surface area (TPSA) is 73.8 Å². The Labute approximate surface area is 154 Å². The molecule has 5 nitrogen and oxygen atoms in total. The number of amides is 1. The summed E-state index contributed by atoms with van der Waals surface area (Å²) in [7, 11) is -1.07. The molecule has 1 fully saturated rings. The van der Waals surface area contributed by atoms with Gasteiger partial charge >= 0.3 is 0 Å². The Morgan fingerprint density at radius 2 is 1.96 bits per heavy atom. The highest BCUT2D eigenvalue weighted by Gasteiger charge is 2.31. The summed E-state index contributed by atoms with van der Waals surface area (Å²) >= 11 is 0. The fraction of sp³-hybridized carbons (Fsp3) is 0.350. The number of nitrogens with two attached hydrogens (primary N) is 1. The number of hydrogen-bond donors (Lipinski definition) is 1. The van der Waals surface area contributed by atoms with Crippen LogP contribution >= 0.6 is 0 Å². The predicted molar refractivity (Wildman–Crippen MR) is 107 cm³/mol. The molecule has 3 aromatic heterocycles. The maximum absolute atomic E-state index is 12.1. The lowest BCUT2D eigenvalue weighted by molar-refractivity contribution is 0.0989. The number of fused-ring (bicyclic) bond motifs is 1. The molecule has 1 aliphatic heterocycles. The van der Waals surface area contributed by atoms with Crippen molar-refractivity contribution in [1.82, 2.24) is 14.5 Å². The van der Waals surface area contributed by atoms with Crippen molar-refractivity contribution >= 4 is 25.0 Å². The van der Waals surface area contributed by atoms with Crippen LogP contribution in [0.25, 0.3) is 22.2 Å². The van der Waals surface area contributed by atoms with Crippen LogP contribution in [0.5, 0.6) is 0 Å². The number of nitrogens with zero attached hydrogens (tertiary/aromatic N) is 3. The van der Waals surface area contributed by atoms with E-state index in [-0.39, 0.29) is 5.91 Å². The van der Waals surface area contributed by atoms with Gasteiger partial charge in [0.2, 0.25) is 0 Å². The summed E-state index contributed by atoms with van der Waals surface area (Å²) < 4.78 is 2.09. The normalized spacial score (nSPS) is 17.5. The molecule has 4 rings (SSSR count). The van der Waals surface area contributed by atoms with Gasteiger partial charge in [0.1, 0.15) is 11.3 Å². The lowest BCUT2D eigenvalue weighted by Crippen LogP contribution is -2.33. The van der Waals surface area contributed by atoms with Gasteiger partial charge in [0.25, 0.3) is 5.91 Å². The van der Waals surface area contributed by atoms with E-state index < -0.39 is 8.07 Å². The number of primary amides is 1. The molecule has 1 amide bonds. The van der Waals surface area contributed by atoms with Gasteiger partial charge in [0, 0.05) is 49.2 Å². The van der Waals surface area contributed by atoms with Crippen LogP contribution in [0.1, 0.15) is 29.4 Å². The highest BCUT2D eigenvalue weighted by molar-refractivity contribution is 6.77. The van der Waals surface area contributed by atoms with Gasteiger partial charge < -0.3 is 10.3 Å². The van der Waals surface area contributed by atoms with Crippen LogP contribution < -0.4 is 5.73 Å². The molecule has 0 aromatic carbocycles. The molecule has 0 bridgehead atoms. The van der Waals surface area contributed by atoms with E-state index in [0.29, 0.717) is 11.7 Å². The van der Waals surface area contributed by atoms with Crippen molar-refractivity contribution in [3.63, 3.8) is 0 Å². The number of carbonyl (C=O) groups excluding carboxylic acids is 1. The zero-order valence-electron chi connectivity index (χ0n) is 15.3. The Bertz CT molecular complexity index is 955. The van der Waals surface area contributed by atoms with Gasteiger partial charge in [-0.2, -0.15) is 0 Å². The molecule has 6 heteroatoms. The van der Waals surface area contributed by atoms with Gasteiger partial charge in [0.15, 0.2) is 0 Å². The summed E-state index contributed by atoms with van der Waals surface area (Å²) in [5, 5.41) is 0.960. The van der Waals surface area contributed by atoms with Gasteiger partial charge in [-0.15, -0.1) is 0 Å². The third kappa shape index (κ3) is 3.05. The van der Waals surface area contributed by atoms with E-state index in [1.54, 1.807) is 6.20 Å². The molecule has 2 N–H and O–H groups in total. The SMILES string of the molecule is C[Si]1(C)CCC(n2c(C(N)=O)cc3cc(-c4cccnc4)cnc32)CC1. The standard InChI is InChI=1S/C20H24N4OSi/c1-26(2)8-5-17(6-9-26)24-18(19(21)25)11-15-10-16(13-23-20(15)24)14-4-3-7-22-12-14/h3-4,7,10-13,17H,5-6,8-9H2,1-2H3,(H2,21,25). The maximum Gasteiger partial charge on any atom is 0.265 e. The summed E-state index contributed by atoms with van der Waals surface area (Å²) in [6.07, 6.45) is 7.65. The molecule has 1 saturated heterocycles. The number of rotatable bonds is 3. The maximum atomic E-state index is 12.1. The monoisotopic (exact) mass is 364 g/mol. The Morgan fingerprint density at radius 3 is 2.62 bits per heavy atom. The molecule has 4 heterocycles. The summed E-state index contributed by atoms with van der Waals surface area (Å²) in [4.78, 5) is 21.0. The van der Waals surface area contributed by atoms with Gasteiger partial charge in [-0.25, -0.2) is 4.98 Å². The fourth-order valence-electron chi connectivity index (χ4n) is 4.01. The predicted octanol–water partition coefficient (Wildman–Crippen LogP) is 4.24. The molecular formula is C20H24N4OSi. The molecule has 0 spiro atoms. The molecule has 0 aliphatic carbocycles. The summed E-state index contributed by atoms with van der Waals surface area (Å²) in [6.45, 7) is 4.90. The second kappa shape index (κ2) is 6.36. The minimum absolute atomic E-state index is 0.312. The lowest BCUT2D eigenvalue weighted by atomic mass is 10.1. The van der Waals surface area contributed by atoms with Crippen molar-refractivity contribution in [2.24, 2.45) is 5.73 Å². The van der Waals surface area contributed by atoms with Crippen molar-refractivity contribution < 1.29 is 4.79 Å². The first-order valence-electron chi connectivity index (χ1n) is 9.16. The minimum Gasteiger partial charge on any atom is -0.364 e. The number of hydrogen-bond acceptors (Lipinski definition) is 3. The molecule has 26 heavy (non-hydrogen) atoms. The smallest absolute Gasteiger partial charge is 0.265 e. The zero-order chi connectivity index (χ0) is 18.3. The Balaban J connectivity index is 1.79. The second-order valence-corrected chi connectivity index (χ2v) is 13.4. The van der Waals surface area contributed by atoms with Crippen LogP contribution in [-0.4, -0.2) is 28.5 Å². The van der Waals surface area contributed by atoms with E-state index in [4.69, 9.17) is 10.7 Å². The van der Waals surface area contributed by atoms with Crippen LogP contribution in [0.15, 0.2) is 42.9 Å². The minimum atomic E-state index is -1.07. The van der Waals surface area contributed by atoms with Crippen molar-refractivity contribution in [2.75, 3.05) is 0 Å². The molecule has 0 saturated carbocycles. The number of pyridine rings is 2. The van der Waals surface area contributed by atoms with Gasteiger partial charge in [-0.3, -0.25) is 9.78 Å². The molecule has 134 valence electrons. The van der Waals surface area contributed by atoms with Gasteiger partial charge in [-0.1, -0.05) is 31.2 Å². The van der Waals surface area contributed by atoms with Crippen LogP contribution in [0.3, 0.4) is 0 Å². The molecule has 1 aliphatic rings. The van der Waals surface area contributed by atoms with Crippen molar-refractivity contribution in [2.45, 2.75) is 44.1 Å².